The van der Waals surface area contributed by atoms with Crippen LogP contribution in [0.3, 0.4) is 0 Å². The van der Waals surface area contributed by atoms with Gasteiger partial charge in [-0.3, -0.25) is 9.59 Å². The lowest BCUT2D eigenvalue weighted by Gasteiger charge is -2.47. The third-order valence-electron chi connectivity index (χ3n) is 6.23. The Bertz CT molecular complexity index is 911. The van der Waals surface area contributed by atoms with Crippen molar-refractivity contribution in [2.24, 2.45) is 10.4 Å². The number of carbonyl (C=O) groups excluding carboxylic acids is 2. The van der Waals surface area contributed by atoms with Crippen LogP contribution < -0.4 is 4.90 Å². The summed E-state index contributed by atoms with van der Waals surface area (Å²) in [6, 6.07) is 7.17. The maximum atomic E-state index is 13.6. The number of amides is 3. The molecule has 0 aromatic heterocycles. The summed E-state index contributed by atoms with van der Waals surface area (Å²) in [6.07, 6.45) is 1.13. The Labute approximate surface area is 189 Å². The number of hydrogen-bond donors (Lipinski definition) is 1. The molecule has 1 aromatic rings. The Hall–Kier alpha value is -3.10. The van der Waals surface area contributed by atoms with Crippen molar-refractivity contribution in [2.75, 3.05) is 39.1 Å². The topological polar surface area (TPSA) is 96.8 Å². The Morgan fingerprint density at radius 3 is 2.19 bits per heavy atom. The molecule has 1 aromatic carbocycles. The van der Waals surface area contributed by atoms with Crippen LogP contribution in [0.1, 0.15) is 44.0 Å². The summed E-state index contributed by atoms with van der Waals surface area (Å²) in [4.78, 5) is 48.3. The van der Waals surface area contributed by atoms with E-state index in [4.69, 9.17) is 0 Å². The molecule has 0 radical (unpaired) electrons. The zero-order valence-corrected chi connectivity index (χ0v) is 19.7. The molecule has 9 heteroatoms. The molecule has 1 atom stereocenters. The molecule has 0 saturated carbocycles. The van der Waals surface area contributed by atoms with E-state index in [-0.39, 0.29) is 23.4 Å². The number of carbonyl (C=O) groups is 3. The number of piperidine rings is 1. The molecule has 3 amide bonds. The molecule has 174 valence electrons. The van der Waals surface area contributed by atoms with E-state index in [1.165, 1.54) is 11.2 Å². The summed E-state index contributed by atoms with van der Waals surface area (Å²) in [6.45, 7) is 6.88. The van der Waals surface area contributed by atoms with Crippen LogP contribution in [0.2, 0.25) is 0 Å². The number of nitrogens with zero attached hydrogens (tertiary/aromatic N) is 5. The molecule has 3 rings (SSSR count). The zero-order valence-electron chi connectivity index (χ0n) is 19.7. The summed E-state index contributed by atoms with van der Waals surface area (Å²) in [5, 5.41) is 9.38. The first-order chi connectivity index (χ1) is 14.9. The monoisotopic (exact) mass is 443 g/mol. The summed E-state index contributed by atoms with van der Waals surface area (Å²) < 4.78 is 0. The van der Waals surface area contributed by atoms with E-state index < -0.39 is 11.6 Å². The van der Waals surface area contributed by atoms with E-state index in [9.17, 15) is 19.5 Å². The Morgan fingerprint density at radius 1 is 1.16 bits per heavy atom. The van der Waals surface area contributed by atoms with Gasteiger partial charge in [0.05, 0.1) is 6.34 Å². The predicted octanol–water partition coefficient (Wildman–Crippen LogP) is 2.58. The highest BCUT2D eigenvalue weighted by atomic mass is 16.4. The van der Waals surface area contributed by atoms with Gasteiger partial charge in [-0.05, 0) is 37.1 Å². The lowest BCUT2D eigenvalue weighted by molar-refractivity contribution is -0.134. The van der Waals surface area contributed by atoms with Gasteiger partial charge >= 0.3 is 6.09 Å². The van der Waals surface area contributed by atoms with Crippen LogP contribution in [0, 0.1) is 5.41 Å². The van der Waals surface area contributed by atoms with E-state index in [2.05, 4.69) is 30.7 Å². The fourth-order valence-corrected chi connectivity index (χ4v) is 4.84. The Kier molecular flexibility index (Phi) is 6.22. The molecule has 1 unspecified atom stereocenters. The van der Waals surface area contributed by atoms with Crippen LogP contribution in [0.15, 0.2) is 29.3 Å². The van der Waals surface area contributed by atoms with Crippen molar-refractivity contribution < 1.29 is 19.5 Å². The van der Waals surface area contributed by atoms with Gasteiger partial charge in [0.2, 0.25) is 5.91 Å². The fourth-order valence-electron chi connectivity index (χ4n) is 4.84. The van der Waals surface area contributed by atoms with Crippen molar-refractivity contribution in [3.63, 3.8) is 0 Å². The van der Waals surface area contributed by atoms with Gasteiger partial charge < -0.3 is 24.7 Å². The minimum atomic E-state index is -0.960. The summed E-state index contributed by atoms with van der Waals surface area (Å²) in [5.41, 5.74) is 0.239. The quantitative estimate of drug-likeness (QED) is 0.570. The molecule has 32 heavy (non-hydrogen) atoms. The molecule has 1 spiro atoms. The van der Waals surface area contributed by atoms with Crippen molar-refractivity contribution in [1.82, 2.24) is 14.7 Å². The second-order valence-corrected chi connectivity index (χ2v) is 9.89. The van der Waals surface area contributed by atoms with Crippen LogP contribution in [0.5, 0.6) is 0 Å². The lowest BCUT2D eigenvalue weighted by atomic mass is 9.83. The van der Waals surface area contributed by atoms with Crippen LogP contribution >= 0.6 is 0 Å². The Morgan fingerprint density at radius 2 is 1.72 bits per heavy atom. The molecular weight excluding hydrogens is 410 g/mol. The fraction of sp³-hybridized carbons (Fsp3) is 0.565. The molecule has 2 aliphatic heterocycles. The van der Waals surface area contributed by atoms with Crippen LogP contribution in [0.25, 0.3) is 0 Å². The van der Waals surface area contributed by atoms with Gasteiger partial charge in [0, 0.05) is 50.9 Å². The van der Waals surface area contributed by atoms with Gasteiger partial charge in [-0.2, -0.15) is 4.99 Å². The number of rotatable bonds is 3. The van der Waals surface area contributed by atoms with Crippen molar-refractivity contribution in [3.05, 3.63) is 29.8 Å². The molecule has 2 aliphatic rings. The van der Waals surface area contributed by atoms with E-state index in [1.54, 1.807) is 36.0 Å². The van der Waals surface area contributed by atoms with Crippen LogP contribution in [0.4, 0.5) is 10.5 Å². The average molecular weight is 444 g/mol. The first-order valence-electron chi connectivity index (χ1n) is 10.8. The Balaban J connectivity index is 2.00. The van der Waals surface area contributed by atoms with Gasteiger partial charge in [-0.15, -0.1) is 0 Å². The summed E-state index contributed by atoms with van der Waals surface area (Å²) >= 11 is 0. The third kappa shape index (κ3) is 4.16. The molecule has 0 aliphatic carbocycles. The minimum Gasteiger partial charge on any atom is -0.465 e. The van der Waals surface area contributed by atoms with Gasteiger partial charge in [-0.25, -0.2) is 4.79 Å². The van der Waals surface area contributed by atoms with Gasteiger partial charge in [0.25, 0.3) is 5.91 Å². The first kappa shape index (κ1) is 23.6. The van der Waals surface area contributed by atoms with Gasteiger partial charge in [0.15, 0.2) is 0 Å². The number of aliphatic imine (C=N–C) groups is 1. The average Bonchev–Trinajstić information content (AvgIpc) is 2.94. The minimum absolute atomic E-state index is 0.0122. The highest BCUT2D eigenvalue weighted by molar-refractivity contribution is 5.99. The number of benzene rings is 1. The van der Waals surface area contributed by atoms with Crippen LogP contribution in [-0.4, -0.2) is 90.0 Å². The summed E-state index contributed by atoms with van der Waals surface area (Å²) in [5.74, 6) is -0.324. The summed E-state index contributed by atoms with van der Waals surface area (Å²) in [7, 11) is 5.41. The predicted molar refractivity (Wildman–Crippen MR) is 123 cm³/mol. The molecule has 2 fully saturated rings. The molecule has 9 nitrogen and oxygen atoms in total. The zero-order chi connectivity index (χ0) is 23.8. The number of hydrogen-bond acceptors (Lipinski definition) is 4. The third-order valence-corrected chi connectivity index (χ3v) is 6.23. The van der Waals surface area contributed by atoms with E-state index in [0.29, 0.717) is 31.5 Å². The molecule has 2 heterocycles. The van der Waals surface area contributed by atoms with Crippen LogP contribution in [-0.2, 0) is 4.79 Å². The lowest BCUT2D eigenvalue weighted by Crippen LogP contribution is -2.59. The smallest absolute Gasteiger partial charge is 0.407 e. The first-order valence-corrected chi connectivity index (χ1v) is 10.8. The highest BCUT2D eigenvalue weighted by Crippen LogP contribution is 2.46. The van der Waals surface area contributed by atoms with Crippen molar-refractivity contribution >= 4 is 29.9 Å². The molecular formula is C23H33N5O4. The SMILES string of the molecule is CN(C)C=NC(=O)c1ccc(N2C(C(C)(C)C)N(C)C(=O)C23CCN(C(=O)O)CC3)cc1. The van der Waals surface area contributed by atoms with Crippen molar-refractivity contribution in [3.8, 4) is 0 Å². The number of carboxylic acid groups (broad SMARTS) is 1. The molecule has 0 bridgehead atoms. The normalized spacial score (nSPS) is 21.0. The maximum absolute atomic E-state index is 13.6. The largest absolute Gasteiger partial charge is 0.465 e. The maximum Gasteiger partial charge on any atom is 0.407 e. The second-order valence-electron chi connectivity index (χ2n) is 9.89. The van der Waals surface area contributed by atoms with Crippen molar-refractivity contribution in [2.45, 2.75) is 45.3 Å². The van der Waals surface area contributed by atoms with E-state index >= 15 is 0 Å². The molecule has 2 saturated heterocycles. The standard InChI is InChI=1S/C23H33N5O4/c1-22(2,3)19-26(6)20(30)23(11-13-27(14-12-23)21(31)32)28(19)17-9-7-16(8-10-17)18(29)24-15-25(4)5/h7-10,15,19H,11-14H2,1-6H3,(H,31,32). The van der Waals surface area contributed by atoms with Gasteiger partial charge in [0.1, 0.15) is 11.7 Å². The van der Waals surface area contributed by atoms with E-state index in [0.717, 1.165) is 5.69 Å². The molecule has 1 N–H and O–H groups in total. The van der Waals surface area contributed by atoms with Gasteiger partial charge in [-0.1, -0.05) is 20.8 Å². The van der Waals surface area contributed by atoms with E-state index in [1.807, 2.05) is 19.2 Å². The number of likely N-dealkylation sites (N-methyl/N-ethyl adjacent to an activating group) is 1. The van der Waals surface area contributed by atoms with Crippen molar-refractivity contribution in [1.29, 1.82) is 0 Å². The number of anilines is 1. The number of likely N-dealkylation sites (tertiary alicyclic amines) is 1. The highest BCUT2D eigenvalue weighted by Gasteiger charge is 2.59. The second kappa shape index (κ2) is 8.44.